The molecule has 4 aromatic carbocycles. The van der Waals surface area contributed by atoms with Crippen molar-refractivity contribution in [3.05, 3.63) is 95.0 Å². The summed E-state index contributed by atoms with van der Waals surface area (Å²) in [5.74, 6) is -0.312. The van der Waals surface area contributed by atoms with E-state index >= 15 is 0 Å². The molecule has 0 radical (unpaired) electrons. The number of thiocarbonyl (C=S) groups is 1. The molecule has 0 unspecified atom stereocenters. The Balaban J connectivity index is 1.32. The van der Waals surface area contributed by atoms with Crippen LogP contribution in [0.1, 0.15) is 22.8 Å². The summed E-state index contributed by atoms with van der Waals surface area (Å²) in [6, 6.07) is 24.6. The van der Waals surface area contributed by atoms with Crippen LogP contribution in [0.3, 0.4) is 0 Å². The third-order valence-corrected chi connectivity index (χ3v) is 6.09. The van der Waals surface area contributed by atoms with Gasteiger partial charge in [0.25, 0.3) is 5.91 Å². The van der Waals surface area contributed by atoms with Crippen LogP contribution in [0.25, 0.3) is 27.5 Å². The highest BCUT2D eigenvalue weighted by Gasteiger charge is 2.13. The van der Waals surface area contributed by atoms with Crippen LogP contribution < -0.4 is 10.6 Å². The summed E-state index contributed by atoms with van der Waals surface area (Å²) in [5, 5.41) is 17.3. The number of fused-ring (bicyclic) bond motifs is 2. The number of halogens is 1. The molecule has 0 aliphatic carbocycles. The minimum absolute atomic E-state index is 0.186. The average Bonchev–Trinajstić information content (AvgIpc) is 3.27. The van der Waals surface area contributed by atoms with Gasteiger partial charge in [0.15, 0.2) is 5.11 Å². The molecule has 1 heterocycles. The van der Waals surface area contributed by atoms with Crippen LogP contribution >= 0.6 is 23.8 Å². The Morgan fingerprint density at radius 3 is 2.47 bits per heavy atom. The fourth-order valence-electron chi connectivity index (χ4n) is 3.78. The molecule has 2 N–H and O–H groups in total. The summed E-state index contributed by atoms with van der Waals surface area (Å²) < 4.78 is 0. The van der Waals surface area contributed by atoms with E-state index in [9.17, 15) is 4.79 Å². The highest BCUT2D eigenvalue weighted by atomic mass is 35.5. The first-order chi connectivity index (χ1) is 16.5. The van der Waals surface area contributed by atoms with Crippen molar-refractivity contribution in [2.75, 3.05) is 5.32 Å². The molecule has 0 saturated carbocycles. The van der Waals surface area contributed by atoms with Gasteiger partial charge in [-0.2, -0.15) is 4.80 Å². The second-order valence-corrected chi connectivity index (χ2v) is 8.58. The lowest BCUT2D eigenvalue weighted by molar-refractivity contribution is 0.0979. The predicted molar refractivity (Wildman–Crippen MR) is 141 cm³/mol. The third kappa shape index (κ3) is 4.35. The van der Waals surface area contributed by atoms with E-state index in [1.807, 2.05) is 48.5 Å². The molecule has 0 fully saturated rings. The van der Waals surface area contributed by atoms with Gasteiger partial charge in [-0.1, -0.05) is 54.9 Å². The summed E-state index contributed by atoms with van der Waals surface area (Å²) in [6.45, 7) is 2.12. The van der Waals surface area contributed by atoms with Crippen molar-refractivity contribution in [1.29, 1.82) is 0 Å². The number of benzene rings is 4. The number of carbonyl (C=O) groups excluding carboxylic acids is 1. The van der Waals surface area contributed by atoms with E-state index in [0.29, 0.717) is 21.8 Å². The Hall–Kier alpha value is -3.81. The zero-order valence-corrected chi connectivity index (χ0v) is 19.8. The Morgan fingerprint density at radius 2 is 1.68 bits per heavy atom. The van der Waals surface area contributed by atoms with E-state index in [4.69, 9.17) is 23.8 Å². The molecule has 34 heavy (non-hydrogen) atoms. The molecule has 0 saturated heterocycles. The van der Waals surface area contributed by atoms with Crippen molar-refractivity contribution in [2.24, 2.45) is 0 Å². The summed E-state index contributed by atoms with van der Waals surface area (Å²) in [7, 11) is 0. The first-order valence-corrected chi connectivity index (χ1v) is 11.6. The van der Waals surface area contributed by atoms with Crippen molar-refractivity contribution < 1.29 is 4.79 Å². The van der Waals surface area contributed by atoms with Gasteiger partial charge in [-0.3, -0.25) is 10.1 Å². The standard InChI is InChI=1S/C26H20ClN5OS/c1-2-16-9-12-18(13-10-16)32-30-23-14-11-17(15-24(23)31-32)28-26(34)29-25(33)21-7-3-6-20-19(21)5-4-8-22(20)27/h3-15H,2H2,1H3,(H2,28,29,33,34). The minimum Gasteiger partial charge on any atom is -0.332 e. The molecule has 6 nitrogen and oxygen atoms in total. The summed E-state index contributed by atoms with van der Waals surface area (Å²) in [4.78, 5) is 14.5. The normalized spacial score (nSPS) is 11.0. The Bertz CT molecular complexity index is 1540. The van der Waals surface area contributed by atoms with Gasteiger partial charge >= 0.3 is 0 Å². The number of aromatic nitrogens is 3. The number of amides is 1. The van der Waals surface area contributed by atoms with Gasteiger partial charge < -0.3 is 5.32 Å². The van der Waals surface area contributed by atoms with Crippen LogP contribution in [0.2, 0.25) is 5.02 Å². The van der Waals surface area contributed by atoms with Crippen LogP contribution in [0.5, 0.6) is 0 Å². The van der Waals surface area contributed by atoms with E-state index in [1.165, 1.54) is 5.56 Å². The van der Waals surface area contributed by atoms with Crippen LogP contribution in [-0.4, -0.2) is 26.0 Å². The lowest BCUT2D eigenvalue weighted by Gasteiger charge is -2.11. The highest BCUT2D eigenvalue weighted by molar-refractivity contribution is 7.80. The van der Waals surface area contributed by atoms with Gasteiger partial charge in [0.2, 0.25) is 0 Å². The lowest BCUT2D eigenvalue weighted by Crippen LogP contribution is -2.34. The minimum atomic E-state index is -0.312. The number of carbonyl (C=O) groups is 1. The Kier molecular flexibility index (Phi) is 5.96. The van der Waals surface area contributed by atoms with Crippen molar-refractivity contribution >= 4 is 62.3 Å². The van der Waals surface area contributed by atoms with Crippen LogP contribution in [-0.2, 0) is 6.42 Å². The van der Waals surface area contributed by atoms with E-state index in [2.05, 4.69) is 39.9 Å². The van der Waals surface area contributed by atoms with E-state index in [-0.39, 0.29) is 11.0 Å². The maximum absolute atomic E-state index is 12.9. The van der Waals surface area contributed by atoms with E-state index in [1.54, 1.807) is 23.0 Å². The smallest absolute Gasteiger partial charge is 0.258 e. The molecular formula is C26H20ClN5OS. The second-order valence-electron chi connectivity index (χ2n) is 7.76. The molecular weight excluding hydrogens is 466 g/mol. The number of aryl methyl sites for hydroxylation is 1. The number of hydrogen-bond donors (Lipinski definition) is 2. The van der Waals surface area contributed by atoms with Crippen LogP contribution in [0, 0.1) is 0 Å². The zero-order valence-electron chi connectivity index (χ0n) is 18.2. The predicted octanol–water partition coefficient (Wildman–Crippen LogP) is 5.92. The van der Waals surface area contributed by atoms with Gasteiger partial charge in [-0.25, -0.2) is 0 Å². The SMILES string of the molecule is CCc1ccc(-n2nc3ccc(NC(=S)NC(=O)c4cccc5c(Cl)cccc45)cc3n2)cc1. The maximum Gasteiger partial charge on any atom is 0.258 e. The number of nitrogens with zero attached hydrogens (tertiary/aromatic N) is 3. The summed E-state index contributed by atoms with van der Waals surface area (Å²) in [6.07, 6.45) is 0.981. The largest absolute Gasteiger partial charge is 0.332 e. The summed E-state index contributed by atoms with van der Waals surface area (Å²) >= 11 is 11.6. The highest BCUT2D eigenvalue weighted by Crippen LogP contribution is 2.26. The monoisotopic (exact) mass is 485 g/mol. The van der Waals surface area contributed by atoms with Gasteiger partial charge in [-0.15, -0.1) is 10.2 Å². The van der Waals surface area contributed by atoms with Crippen molar-refractivity contribution in [3.8, 4) is 5.69 Å². The average molecular weight is 486 g/mol. The Morgan fingerprint density at radius 1 is 0.941 bits per heavy atom. The fraction of sp³-hybridized carbons (Fsp3) is 0.0769. The molecule has 168 valence electrons. The zero-order chi connectivity index (χ0) is 23.7. The van der Waals surface area contributed by atoms with Gasteiger partial charge in [-0.05, 0) is 72.1 Å². The number of anilines is 1. The first-order valence-electron chi connectivity index (χ1n) is 10.8. The van der Waals surface area contributed by atoms with Crippen molar-refractivity contribution in [2.45, 2.75) is 13.3 Å². The Labute approximate surface area is 206 Å². The number of nitrogens with one attached hydrogen (secondary N) is 2. The quantitative estimate of drug-likeness (QED) is 0.309. The number of hydrogen-bond acceptors (Lipinski definition) is 4. The maximum atomic E-state index is 12.9. The van der Waals surface area contributed by atoms with Gasteiger partial charge in [0, 0.05) is 21.7 Å². The molecule has 5 rings (SSSR count). The molecule has 1 aromatic heterocycles. The lowest BCUT2D eigenvalue weighted by atomic mass is 10.0. The summed E-state index contributed by atoms with van der Waals surface area (Å²) in [5.41, 5.74) is 4.81. The first kappa shape index (κ1) is 22.0. The topological polar surface area (TPSA) is 71.8 Å². The number of rotatable bonds is 4. The molecule has 0 spiro atoms. The molecule has 8 heteroatoms. The van der Waals surface area contributed by atoms with E-state index < -0.39 is 0 Å². The molecule has 0 atom stereocenters. The fourth-order valence-corrected chi connectivity index (χ4v) is 4.22. The molecule has 0 bridgehead atoms. The van der Waals surface area contributed by atoms with Gasteiger partial charge in [0.1, 0.15) is 11.0 Å². The second kappa shape index (κ2) is 9.21. The molecule has 0 aliphatic heterocycles. The molecule has 5 aromatic rings. The van der Waals surface area contributed by atoms with Crippen molar-refractivity contribution in [1.82, 2.24) is 20.3 Å². The van der Waals surface area contributed by atoms with Gasteiger partial charge in [0.05, 0.1) is 5.69 Å². The van der Waals surface area contributed by atoms with E-state index in [0.717, 1.165) is 28.4 Å². The van der Waals surface area contributed by atoms with Crippen molar-refractivity contribution in [3.63, 3.8) is 0 Å². The third-order valence-electron chi connectivity index (χ3n) is 5.55. The molecule has 1 amide bonds. The molecule has 0 aliphatic rings. The van der Waals surface area contributed by atoms with Crippen LogP contribution in [0.4, 0.5) is 5.69 Å². The van der Waals surface area contributed by atoms with Crippen LogP contribution in [0.15, 0.2) is 78.9 Å².